The third kappa shape index (κ3) is 4.42. The van der Waals surface area contributed by atoms with E-state index in [4.69, 9.17) is 4.52 Å². The number of rotatable bonds is 4. The van der Waals surface area contributed by atoms with Crippen molar-refractivity contribution < 1.29 is 9.32 Å². The molecule has 2 aromatic heterocycles. The second-order valence-corrected chi connectivity index (χ2v) is 8.43. The minimum absolute atomic E-state index is 0.156. The van der Waals surface area contributed by atoms with E-state index in [9.17, 15) is 4.79 Å². The number of carbonyl (C=O) groups is 1. The Labute approximate surface area is 171 Å². The summed E-state index contributed by atoms with van der Waals surface area (Å²) in [7, 11) is 2.10. The van der Waals surface area contributed by atoms with E-state index in [2.05, 4.69) is 32.0 Å². The van der Waals surface area contributed by atoms with Gasteiger partial charge in [-0.05, 0) is 38.6 Å². The topological polar surface area (TPSA) is 78.6 Å². The van der Waals surface area contributed by atoms with E-state index in [0.717, 1.165) is 63.5 Å². The molecule has 0 N–H and O–H groups in total. The lowest BCUT2D eigenvalue weighted by Crippen LogP contribution is -2.52. The molecule has 2 aliphatic heterocycles. The van der Waals surface area contributed by atoms with Crippen molar-refractivity contribution in [2.75, 3.05) is 51.2 Å². The largest absolute Gasteiger partial charge is 0.353 e. The first-order valence-corrected chi connectivity index (χ1v) is 10.5. The smallest absolute Gasteiger partial charge is 0.229 e. The zero-order valence-electron chi connectivity index (χ0n) is 17.5. The fourth-order valence-corrected chi connectivity index (χ4v) is 4.07. The summed E-state index contributed by atoms with van der Waals surface area (Å²) >= 11 is 0. The molecular formula is C21H30N6O2. The molecule has 0 radical (unpaired) electrons. The predicted molar refractivity (Wildman–Crippen MR) is 111 cm³/mol. The van der Waals surface area contributed by atoms with Gasteiger partial charge in [-0.1, -0.05) is 19.0 Å². The van der Waals surface area contributed by atoms with Crippen LogP contribution >= 0.6 is 0 Å². The first kappa shape index (κ1) is 19.8. The lowest BCUT2D eigenvalue weighted by Gasteiger charge is -2.38. The monoisotopic (exact) mass is 398 g/mol. The zero-order chi connectivity index (χ0) is 20.4. The molecular weight excluding hydrogens is 368 g/mol. The molecule has 2 aromatic rings. The standard InChI is InChI=1S/C21H30N6O2/c1-15(2)20-23-19(24-29-20)16-6-7-18(22-13-16)26-9-11-27(12-10-26)21(28)17-5-4-8-25(3)14-17/h6-7,13,15,17H,4-5,8-12,14H2,1-3H3. The van der Waals surface area contributed by atoms with Gasteiger partial charge < -0.3 is 19.2 Å². The maximum atomic E-state index is 12.8. The Bertz CT molecular complexity index is 826. The average molecular weight is 399 g/mol. The van der Waals surface area contributed by atoms with Crippen molar-refractivity contribution in [2.24, 2.45) is 5.92 Å². The fourth-order valence-electron chi connectivity index (χ4n) is 4.07. The molecule has 2 saturated heterocycles. The molecule has 0 saturated carbocycles. The van der Waals surface area contributed by atoms with E-state index in [-0.39, 0.29) is 11.8 Å². The number of likely N-dealkylation sites (tertiary alicyclic amines) is 1. The van der Waals surface area contributed by atoms with Crippen LogP contribution in [-0.4, -0.2) is 77.1 Å². The Morgan fingerprint density at radius 1 is 1.17 bits per heavy atom. The van der Waals surface area contributed by atoms with E-state index in [0.29, 0.717) is 17.6 Å². The number of hydrogen-bond acceptors (Lipinski definition) is 7. The van der Waals surface area contributed by atoms with Gasteiger partial charge in [0.2, 0.25) is 17.6 Å². The number of piperazine rings is 1. The van der Waals surface area contributed by atoms with Crippen molar-refractivity contribution >= 4 is 11.7 Å². The average Bonchev–Trinajstić information content (AvgIpc) is 3.24. The van der Waals surface area contributed by atoms with Crippen molar-refractivity contribution in [3.63, 3.8) is 0 Å². The van der Waals surface area contributed by atoms with E-state index >= 15 is 0 Å². The van der Waals surface area contributed by atoms with Crippen molar-refractivity contribution in [3.05, 3.63) is 24.2 Å². The van der Waals surface area contributed by atoms with Gasteiger partial charge in [-0.2, -0.15) is 4.98 Å². The van der Waals surface area contributed by atoms with Crippen molar-refractivity contribution in [3.8, 4) is 11.4 Å². The van der Waals surface area contributed by atoms with Crippen LogP contribution in [0.15, 0.2) is 22.9 Å². The van der Waals surface area contributed by atoms with Crippen molar-refractivity contribution in [2.45, 2.75) is 32.6 Å². The van der Waals surface area contributed by atoms with Crippen LogP contribution in [0.1, 0.15) is 38.5 Å². The molecule has 8 nitrogen and oxygen atoms in total. The van der Waals surface area contributed by atoms with E-state index in [1.165, 1.54) is 0 Å². The summed E-state index contributed by atoms with van der Waals surface area (Å²) in [6.45, 7) is 9.15. The molecule has 0 aliphatic carbocycles. The van der Waals surface area contributed by atoms with Gasteiger partial charge in [0.15, 0.2) is 0 Å². The minimum atomic E-state index is 0.156. The van der Waals surface area contributed by atoms with Gasteiger partial charge in [0.25, 0.3) is 0 Å². The molecule has 0 aromatic carbocycles. The Balaban J connectivity index is 1.34. The zero-order valence-corrected chi connectivity index (χ0v) is 17.5. The third-order valence-electron chi connectivity index (χ3n) is 5.83. The summed E-state index contributed by atoms with van der Waals surface area (Å²) in [6.07, 6.45) is 3.92. The lowest BCUT2D eigenvalue weighted by molar-refractivity contribution is -0.137. The van der Waals surface area contributed by atoms with Crippen LogP contribution in [0.2, 0.25) is 0 Å². The summed E-state index contributed by atoms with van der Waals surface area (Å²) in [6, 6.07) is 3.97. The maximum Gasteiger partial charge on any atom is 0.229 e. The highest BCUT2D eigenvalue weighted by molar-refractivity contribution is 5.79. The Hall–Kier alpha value is -2.48. The molecule has 2 aliphatic rings. The lowest BCUT2D eigenvalue weighted by atomic mass is 9.96. The molecule has 1 atom stereocenters. The second kappa shape index (κ2) is 8.49. The number of anilines is 1. The van der Waals surface area contributed by atoms with Gasteiger partial charge in [-0.3, -0.25) is 4.79 Å². The molecule has 4 rings (SSSR count). The van der Waals surface area contributed by atoms with E-state index in [1.54, 1.807) is 6.20 Å². The quantitative estimate of drug-likeness (QED) is 0.781. The summed E-state index contributed by atoms with van der Waals surface area (Å²) in [5.41, 5.74) is 0.847. The summed E-state index contributed by atoms with van der Waals surface area (Å²) < 4.78 is 5.28. The second-order valence-electron chi connectivity index (χ2n) is 8.43. The highest BCUT2D eigenvalue weighted by Crippen LogP contribution is 2.23. The first-order chi connectivity index (χ1) is 14.0. The van der Waals surface area contributed by atoms with Crippen LogP contribution in [0, 0.1) is 5.92 Å². The Kier molecular flexibility index (Phi) is 5.80. The molecule has 4 heterocycles. The summed E-state index contributed by atoms with van der Waals surface area (Å²) in [5.74, 6) is 2.80. The van der Waals surface area contributed by atoms with Crippen LogP contribution in [0.5, 0.6) is 0 Å². The normalized spacial score (nSPS) is 21.0. The molecule has 29 heavy (non-hydrogen) atoms. The molecule has 1 amide bonds. The first-order valence-electron chi connectivity index (χ1n) is 10.5. The van der Waals surface area contributed by atoms with Crippen LogP contribution in [-0.2, 0) is 4.79 Å². The number of hydrogen-bond donors (Lipinski definition) is 0. The number of pyridine rings is 1. The van der Waals surface area contributed by atoms with Crippen LogP contribution in [0.25, 0.3) is 11.4 Å². The highest BCUT2D eigenvalue weighted by atomic mass is 16.5. The molecule has 1 unspecified atom stereocenters. The van der Waals surface area contributed by atoms with E-state index < -0.39 is 0 Å². The maximum absolute atomic E-state index is 12.8. The highest BCUT2D eigenvalue weighted by Gasteiger charge is 2.30. The third-order valence-corrected chi connectivity index (χ3v) is 5.83. The van der Waals surface area contributed by atoms with Gasteiger partial charge in [-0.15, -0.1) is 0 Å². The van der Waals surface area contributed by atoms with Crippen LogP contribution in [0.4, 0.5) is 5.82 Å². The van der Waals surface area contributed by atoms with Gasteiger partial charge in [0.1, 0.15) is 5.82 Å². The van der Waals surface area contributed by atoms with Crippen LogP contribution in [0.3, 0.4) is 0 Å². The Morgan fingerprint density at radius 3 is 2.59 bits per heavy atom. The number of piperidine rings is 1. The summed E-state index contributed by atoms with van der Waals surface area (Å²) in [5, 5.41) is 4.04. The fraction of sp³-hybridized carbons (Fsp3) is 0.619. The van der Waals surface area contributed by atoms with Crippen molar-refractivity contribution in [1.82, 2.24) is 24.9 Å². The number of carbonyl (C=O) groups excluding carboxylic acids is 1. The molecule has 156 valence electrons. The number of nitrogens with zero attached hydrogens (tertiary/aromatic N) is 6. The van der Waals surface area contributed by atoms with E-state index in [1.807, 2.05) is 30.9 Å². The van der Waals surface area contributed by atoms with Crippen LogP contribution < -0.4 is 4.90 Å². The molecule has 2 fully saturated rings. The van der Waals surface area contributed by atoms with Gasteiger partial charge in [0, 0.05) is 50.4 Å². The van der Waals surface area contributed by atoms with Crippen molar-refractivity contribution in [1.29, 1.82) is 0 Å². The van der Waals surface area contributed by atoms with Gasteiger partial charge >= 0.3 is 0 Å². The molecule has 0 bridgehead atoms. The molecule has 8 heteroatoms. The SMILES string of the molecule is CC(C)c1nc(-c2ccc(N3CCN(C(=O)C4CCCN(C)C4)CC3)nc2)no1. The van der Waals surface area contributed by atoms with Gasteiger partial charge in [0.05, 0.1) is 5.92 Å². The van der Waals surface area contributed by atoms with Gasteiger partial charge in [-0.25, -0.2) is 4.98 Å². The number of aromatic nitrogens is 3. The molecule has 0 spiro atoms. The minimum Gasteiger partial charge on any atom is -0.353 e. The predicted octanol–water partition coefficient (Wildman–Crippen LogP) is 2.25. The number of amides is 1. The Morgan fingerprint density at radius 2 is 1.97 bits per heavy atom. The summed E-state index contributed by atoms with van der Waals surface area (Å²) in [4.78, 5) is 28.4.